The number of para-hydroxylation sites is 1. The van der Waals surface area contributed by atoms with Crippen molar-refractivity contribution < 1.29 is 4.92 Å². The Morgan fingerprint density at radius 1 is 1.14 bits per heavy atom. The van der Waals surface area contributed by atoms with Crippen LogP contribution in [-0.2, 0) is 0 Å². The lowest BCUT2D eigenvalue weighted by Gasteiger charge is -2.00. The number of non-ortho nitro benzene ring substituents is 1. The van der Waals surface area contributed by atoms with E-state index in [2.05, 4.69) is 15.3 Å². The van der Waals surface area contributed by atoms with Crippen LogP contribution in [0.4, 0.5) is 11.4 Å². The summed E-state index contributed by atoms with van der Waals surface area (Å²) in [5.74, 6) is 5.08. The van der Waals surface area contributed by atoms with Crippen molar-refractivity contribution in [1.82, 2.24) is 0 Å². The maximum Gasteiger partial charge on any atom is 0.270 e. The number of hydrogen-bond donors (Lipinski definition) is 1. The maximum atomic E-state index is 10.8. The van der Waals surface area contributed by atoms with Gasteiger partial charge in [0, 0.05) is 17.0 Å². The lowest BCUT2D eigenvalue weighted by atomic mass is 10.3. The van der Waals surface area contributed by atoms with E-state index in [-0.39, 0.29) is 5.69 Å². The van der Waals surface area contributed by atoms with Crippen LogP contribution in [0.1, 0.15) is 0 Å². The number of hydrogen-bond acceptors (Lipinski definition) is 6. The highest BCUT2D eigenvalue weighted by atomic mass is 33.1. The number of benzene rings is 2. The summed E-state index contributed by atoms with van der Waals surface area (Å²) in [5, 5.41) is 18.1. The summed E-state index contributed by atoms with van der Waals surface area (Å²) in [4.78, 5) is 15.3. The summed E-state index contributed by atoms with van der Waals surface area (Å²) in [6.07, 6.45) is 0. The molecule has 2 aromatic carbocycles. The molecule has 0 amide bonds. The SMILES string of the molecule is NN=NC(=Nc1ccccc1)SSc1cccc([N+](=O)[O-])c1. The number of nitro benzene ring substituents is 1. The van der Waals surface area contributed by atoms with Crippen LogP contribution in [0.2, 0.25) is 0 Å². The van der Waals surface area contributed by atoms with E-state index in [0.29, 0.717) is 10.1 Å². The molecule has 0 atom stereocenters. The predicted molar refractivity (Wildman–Crippen MR) is 89.1 cm³/mol. The summed E-state index contributed by atoms with van der Waals surface area (Å²) in [5.41, 5.74) is 0.754. The Morgan fingerprint density at radius 2 is 1.91 bits per heavy atom. The van der Waals surface area contributed by atoms with Gasteiger partial charge >= 0.3 is 0 Å². The molecule has 2 rings (SSSR count). The van der Waals surface area contributed by atoms with E-state index in [1.54, 1.807) is 12.1 Å². The molecule has 9 heteroatoms. The van der Waals surface area contributed by atoms with Crippen LogP contribution < -0.4 is 5.84 Å². The fraction of sp³-hybridized carbons (Fsp3) is 0. The van der Waals surface area contributed by atoms with Crippen molar-refractivity contribution in [2.75, 3.05) is 0 Å². The molecule has 0 bridgehead atoms. The molecule has 0 unspecified atom stereocenters. The third-order valence-corrected chi connectivity index (χ3v) is 4.49. The molecular weight excluding hydrogens is 322 g/mol. The molecule has 22 heavy (non-hydrogen) atoms. The van der Waals surface area contributed by atoms with Gasteiger partial charge in [-0.15, -0.1) is 5.11 Å². The molecule has 0 radical (unpaired) electrons. The largest absolute Gasteiger partial charge is 0.304 e. The number of amidine groups is 1. The first kappa shape index (κ1) is 16.0. The fourth-order valence-corrected chi connectivity index (χ4v) is 3.19. The molecule has 0 fully saturated rings. The highest BCUT2D eigenvalue weighted by molar-refractivity contribution is 8.82. The molecule has 0 spiro atoms. The van der Waals surface area contributed by atoms with Crippen molar-refractivity contribution in [3.8, 4) is 0 Å². The Hall–Kier alpha value is -2.39. The molecule has 0 heterocycles. The second kappa shape index (κ2) is 8.15. The predicted octanol–water partition coefficient (Wildman–Crippen LogP) is 4.35. The summed E-state index contributed by atoms with van der Waals surface area (Å²) in [7, 11) is 2.51. The molecule has 112 valence electrons. The van der Waals surface area contributed by atoms with Crippen LogP contribution in [0, 0.1) is 10.1 Å². The molecule has 0 saturated carbocycles. The normalized spacial score (nSPS) is 11.7. The third-order valence-electron chi connectivity index (χ3n) is 2.37. The Balaban J connectivity index is 2.11. The first-order valence-corrected chi connectivity index (χ1v) is 8.17. The van der Waals surface area contributed by atoms with Crippen LogP contribution in [0.25, 0.3) is 0 Å². The number of nitrogens with zero attached hydrogens (tertiary/aromatic N) is 4. The Labute approximate surface area is 134 Å². The maximum absolute atomic E-state index is 10.8. The summed E-state index contributed by atoms with van der Waals surface area (Å²) in [6.45, 7) is 0. The zero-order chi connectivity index (χ0) is 15.8. The molecule has 0 aliphatic carbocycles. The number of nitro groups is 1. The molecule has 0 saturated heterocycles. The van der Waals surface area contributed by atoms with Gasteiger partial charge in [0.2, 0.25) is 5.17 Å². The van der Waals surface area contributed by atoms with E-state index in [1.807, 2.05) is 30.3 Å². The topological polar surface area (TPSA) is 106 Å². The number of rotatable bonds is 4. The molecule has 0 aliphatic heterocycles. The first-order chi connectivity index (χ1) is 10.7. The number of aliphatic imine (C=N–C) groups is 1. The van der Waals surface area contributed by atoms with Crippen LogP contribution in [0.3, 0.4) is 0 Å². The van der Waals surface area contributed by atoms with Gasteiger partial charge in [-0.2, -0.15) is 0 Å². The van der Waals surface area contributed by atoms with Gasteiger partial charge in [0.25, 0.3) is 5.69 Å². The zero-order valence-corrected chi connectivity index (χ0v) is 12.8. The van der Waals surface area contributed by atoms with Crippen molar-refractivity contribution in [2.45, 2.75) is 4.90 Å². The van der Waals surface area contributed by atoms with E-state index in [1.165, 1.54) is 33.7 Å². The second-order valence-electron chi connectivity index (χ2n) is 3.87. The smallest absolute Gasteiger partial charge is 0.270 e. The lowest BCUT2D eigenvalue weighted by molar-refractivity contribution is -0.385. The van der Waals surface area contributed by atoms with E-state index in [9.17, 15) is 10.1 Å². The van der Waals surface area contributed by atoms with Gasteiger partial charge in [-0.3, -0.25) is 10.1 Å². The van der Waals surface area contributed by atoms with E-state index < -0.39 is 4.92 Å². The van der Waals surface area contributed by atoms with Gasteiger partial charge in [-0.1, -0.05) is 29.5 Å². The molecule has 0 aromatic heterocycles. The van der Waals surface area contributed by atoms with Gasteiger partial charge in [0.15, 0.2) is 0 Å². The fourth-order valence-electron chi connectivity index (χ4n) is 1.45. The minimum atomic E-state index is -0.437. The van der Waals surface area contributed by atoms with E-state index >= 15 is 0 Å². The van der Waals surface area contributed by atoms with Crippen molar-refractivity contribution >= 4 is 38.1 Å². The Bertz CT molecular complexity index is 707. The van der Waals surface area contributed by atoms with Crippen LogP contribution >= 0.6 is 21.6 Å². The van der Waals surface area contributed by atoms with Crippen LogP contribution in [-0.4, -0.2) is 10.1 Å². The third kappa shape index (κ3) is 4.86. The number of nitrogens with two attached hydrogens (primary N) is 1. The Morgan fingerprint density at radius 3 is 2.59 bits per heavy atom. The van der Waals surface area contributed by atoms with Gasteiger partial charge in [0.1, 0.15) is 0 Å². The standard InChI is InChI=1S/C13H11N5O2S2/c14-17-16-13(15-10-5-2-1-3-6-10)22-21-12-8-4-7-11(9-12)18(19)20/h1-9H,(H2,14,15,16). The first-order valence-electron chi connectivity index (χ1n) is 6.02. The minimum Gasteiger partial charge on any atom is -0.304 e. The lowest BCUT2D eigenvalue weighted by Crippen LogP contribution is -1.88. The molecule has 2 aromatic rings. The van der Waals surface area contributed by atoms with Crippen LogP contribution in [0.5, 0.6) is 0 Å². The minimum absolute atomic E-state index is 0.0348. The quantitative estimate of drug-likeness (QED) is 0.170. The van der Waals surface area contributed by atoms with Crippen molar-refractivity contribution in [3.63, 3.8) is 0 Å². The second-order valence-corrected chi connectivity index (χ2v) is 6.04. The highest BCUT2D eigenvalue weighted by Crippen LogP contribution is 2.35. The van der Waals surface area contributed by atoms with Gasteiger partial charge in [-0.25, -0.2) is 4.99 Å². The molecule has 7 nitrogen and oxygen atoms in total. The van der Waals surface area contributed by atoms with Crippen LogP contribution in [0.15, 0.2) is 74.8 Å². The van der Waals surface area contributed by atoms with Crippen molar-refractivity contribution in [3.05, 3.63) is 64.7 Å². The molecule has 2 N–H and O–H groups in total. The van der Waals surface area contributed by atoms with E-state index in [4.69, 9.17) is 5.84 Å². The molecule has 0 aliphatic rings. The van der Waals surface area contributed by atoms with E-state index in [0.717, 1.165) is 5.69 Å². The average Bonchev–Trinajstić information content (AvgIpc) is 2.54. The average molecular weight is 333 g/mol. The van der Waals surface area contributed by atoms with Gasteiger partial charge in [-0.05, 0) is 39.8 Å². The van der Waals surface area contributed by atoms with Gasteiger partial charge < -0.3 is 5.84 Å². The molecular formula is C13H11N5O2S2. The monoisotopic (exact) mass is 333 g/mol. The summed E-state index contributed by atoms with van der Waals surface area (Å²) < 4.78 is 0. The summed E-state index contributed by atoms with van der Waals surface area (Å²) >= 11 is 0. The zero-order valence-electron chi connectivity index (χ0n) is 11.2. The van der Waals surface area contributed by atoms with Gasteiger partial charge in [0.05, 0.1) is 10.6 Å². The highest BCUT2D eigenvalue weighted by Gasteiger charge is 2.08. The Kier molecular flexibility index (Phi) is 5.92. The van der Waals surface area contributed by atoms with Crippen molar-refractivity contribution in [1.29, 1.82) is 0 Å². The summed E-state index contributed by atoms with van der Waals surface area (Å²) in [6, 6.07) is 15.6. The van der Waals surface area contributed by atoms with Crippen molar-refractivity contribution in [2.24, 2.45) is 21.2 Å².